The molecule has 0 aliphatic heterocycles. The van der Waals surface area contributed by atoms with Gasteiger partial charge < -0.3 is 15.8 Å². The largest absolute Gasteiger partial charge is 0.449 e. The lowest BCUT2D eigenvalue weighted by atomic mass is 10.2. The highest BCUT2D eigenvalue weighted by Gasteiger charge is 2.23. The SMILES string of the molecule is C[C@@H](OC(=O)c1ccc(F)cc1F)C(=O)Nc1sccc1C(N)=O. The quantitative estimate of drug-likeness (QED) is 0.805. The summed E-state index contributed by atoms with van der Waals surface area (Å²) in [6.07, 6.45) is -1.27. The van der Waals surface area contributed by atoms with E-state index < -0.39 is 41.1 Å². The predicted molar refractivity (Wildman–Crippen MR) is 82.7 cm³/mol. The molecule has 2 rings (SSSR count). The monoisotopic (exact) mass is 354 g/mol. The zero-order valence-electron chi connectivity index (χ0n) is 12.3. The fraction of sp³-hybridized carbons (Fsp3) is 0.133. The van der Waals surface area contributed by atoms with Crippen LogP contribution in [0.3, 0.4) is 0 Å². The molecule has 0 spiro atoms. The molecule has 0 fully saturated rings. The number of thiophene rings is 1. The lowest BCUT2D eigenvalue weighted by molar-refractivity contribution is -0.123. The number of nitrogens with one attached hydrogen (secondary N) is 1. The van der Waals surface area contributed by atoms with Crippen molar-refractivity contribution in [2.75, 3.05) is 5.32 Å². The van der Waals surface area contributed by atoms with Crippen molar-refractivity contribution in [3.8, 4) is 0 Å². The Morgan fingerprint density at radius 1 is 1.21 bits per heavy atom. The van der Waals surface area contributed by atoms with E-state index in [4.69, 9.17) is 10.5 Å². The molecule has 0 aliphatic rings. The summed E-state index contributed by atoms with van der Waals surface area (Å²) in [5.41, 5.74) is 4.78. The summed E-state index contributed by atoms with van der Waals surface area (Å²) in [5, 5.41) is 4.17. The summed E-state index contributed by atoms with van der Waals surface area (Å²) in [5.74, 6) is -4.50. The van der Waals surface area contributed by atoms with Crippen LogP contribution in [0.1, 0.15) is 27.6 Å². The van der Waals surface area contributed by atoms with Crippen molar-refractivity contribution in [2.24, 2.45) is 5.73 Å². The maximum Gasteiger partial charge on any atom is 0.341 e. The lowest BCUT2D eigenvalue weighted by Gasteiger charge is -2.13. The number of halogens is 2. The Bertz CT molecular complexity index is 807. The highest BCUT2D eigenvalue weighted by molar-refractivity contribution is 7.14. The van der Waals surface area contributed by atoms with Crippen molar-refractivity contribution in [2.45, 2.75) is 13.0 Å². The van der Waals surface area contributed by atoms with Crippen LogP contribution >= 0.6 is 11.3 Å². The molecule has 6 nitrogen and oxygen atoms in total. The molecule has 0 saturated heterocycles. The number of hydrogen-bond acceptors (Lipinski definition) is 5. The number of rotatable bonds is 5. The molecular weight excluding hydrogens is 342 g/mol. The van der Waals surface area contributed by atoms with Crippen LogP contribution in [0.5, 0.6) is 0 Å². The van der Waals surface area contributed by atoms with Gasteiger partial charge in [-0.05, 0) is 30.5 Å². The first-order valence-corrected chi connectivity index (χ1v) is 7.51. The molecule has 1 aromatic heterocycles. The second-order valence-corrected chi connectivity index (χ2v) is 5.60. The maximum atomic E-state index is 13.5. The van der Waals surface area contributed by atoms with Crippen molar-refractivity contribution in [3.05, 3.63) is 52.4 Å². The number of nitrogens with two attached hydrogens (primary N) is 1. The van der Waals surface area contributed by atoms with Crippen LogP contribution in [-0.4, -0.2) is 23.9 Å². The fourth-order valence-electron chi connectivity index (χ4n) is 1.75. The third-order valence-electron chi connectivity index (χ3n) is 2.97. The van der Waals surface area contributed by atoms with E-state index in [9.17, 15) is 23.2 Å². The van der Waals surface area contributed by atoms with Gasteiger partial charge in [0.15, 0.2) is 6.10 Å². The van der Waals surface area contributed by atoms with Crippen LogP contribution in [-0.2, 0) is 9.53 Å². The Balaban J connectivity index is 2.04. The van der Waals surface area contributed by atoms with Gasteiger partial charge in [0, 0.05) is 6.07 Å². The number of primary amides is 1. The van der Waals surface area contributed by atoms with E-state index in [0.717, 1.165) is 23.5 Å². The summed E-state index contributed by atoms with van der Waals surface area (Å²) < 4.78 is 31.2. The van der Waals surface area contributed by atoms with Crippen LogP contribution in [0.15, 0.2) is 29.6 Å². The summed E-state index contributed by atoms with van der Waals surface area (Å²) in [7, 11) is 0. The smallest absolute Gasteiger partial charge is 0.341 e. The Morgan fingerprint density at radius 2 is 1.92 bits per heavy atom. The predicted octanol–water partition coefficient (Wildman–Crippen LogP) is 2.31. The van der Waals surface area contributed by atoms with Crippen molar-refractivity contribution < 1.29 is 27.9 Å². The molecule has 1 aromatic carbocycles. The molecule has 3 N–H and O–H groups in total. The normalized spacial score (nSPS) is 11.6. The second kappa shape index (κ2) is 7.18. The number of anilines is 1. The highest BCUT2D eigenvalue weighted by Crippen LogP contribution is 2.23. The number of amides is 2. The molecule has 0 radical (unpaired) electrons. The molecule has 2 aromatic rings. The van der Waals surface area contributed by atoms with Crippen LogP contribution in [0.25, 0.3) is 0 Å². The van der Waals surface area contributed by atoms with Gasteiger partial charge in [-0.25, -0.2) is 13.6 Å². The average molecular weight is 354 g/mol. The molecule has 2 amide bonds. The Morgan fingerprint density at radius 3 is 2.54 bits per heavy atom. The summed E-state index contributed by atoms with van der Waals surface area (Å²) >= 11 is 1.07. The van der Waals surface area contributed by atoms with Crippen LogP contribution in [0.4, 0.5) is 13.8 Å². The number of esters is 1. The van der Waals surface area contributed by atoms with Crippen molar-refractivity contribution in [1.82, 2.24) is 0 Å². The number of carbonyl (C=O) groups is 3. The first-order valence-electron chi connectivity index (χ1n) is 6.63. The number of ether oxygens (including phenoxy) is 1. The van der Waals surface area contributed by atoms with Crippen LogP contribution in [0, 0.1) is 11.6 Å². The van der Waals surface area contributed by atoms with Crippen LogP contribution < -0.4 is 11.1 Å². The molecule has 126 valence electrons. The topological polar surface area (TPSA) is 98.5 Å². The molecule has 0 saturated carbocycles. The molecule has 1 heterocycles. The van der Waals surface area contributed by atoms with E-state index in [1.807, 2.05) is 0 Å². The summed E-state index contributed by atoms with van der Waals surface area (Å²) in [4.78, 5) is 35.0. The summed E-state index contributed by atoms with van der Waals surface area (Å²) in [6.45, 7) is 1.27. The van der Waals surface area contributed by atoms with Gasteiger partial charge in [-0.15, -0.1) is 11.3 Å². The standard InChI is InChI=1S/C15H12F2N2O4S/c1-7(13(21)19-14-10(12(18)20)4-5-24-14)23-15(22)9-3-2-8(16)6-11(9)17/h2-7H,1H3,(H2,18,20)(H,19,21)/t7-/m1/s1. The zero-order chi connectivity index (χ0) is 17.9. The van der Waals surface area contributed by atoms with Gasteiger partial charge in [0.05, 0.1) is 11.1 Å². The van der Waals surface area contributed by atoms with Gasteiger partial charge in [-0.1, -0.05) is 0 Å². The van der Waals surface area contributed by atoms with E-state index in [1.54, 1.807) is 5.38 Å². The van der Waals surface area contributed by atoms with Gasteiger partial charge in [0.1, 0.15) is 16.6 Å². The minimum atomic E-state index is -1.27. The molecule has 1 atom stereocenters. The van der Waals surface area contributed by atoms with Gasteiger partial charge in [0.25, 0.3) is 11.8 Å². The third kappa shape index (κ3) is 3.93. The number of hydrogen-bond donors (Lipinski definition) is 2. The molecular formula is C15H12F2N2O4S. The maximum absolute atomic E-state index is 13.5. The Kier molecular flexibility index (Phi) is 5.24. The molecule has 0 aliphatic carbocycles. The lowest BCUT2D eigenvalue weighted by Crippen LogP contribution is -2.30. The van der Waals surface area contributed by atoms with Gasteiger partial charge >= 0.3 is 5.97 Å². The van der Waals surface area contributed by atoms with Gasteiger partial charge in [-0.2, -0.15) is 0 Å². The van der Waals surface area contributed by atoms with Crippen LogP contribution in [0.2, 0.25) is 0 Å². The zero-order valence-corrected chi connectivity index (χ0v) is 13.2. The van der Waals surface area contributed by atoms with E-state index in [2.05, 4.69) is 5.32 Å². The first kappa shape index (κ1) is 17.5. The highest BCUT2D eigenvalue weighted by atomic mass is 32.1. The fourth-order valence-corrected chi connectivity index (χ4v) is 2.54. The Hall–Kier alpha value is -2.81. The average Bonchev–Trinajstić information content (AvgIpc) is 2.95. The van der Waals surface area contributed by atoms with E-state index >= 15 is 0 Å². The van der Waals surface area contributed by atoms with E-state index in [1.165, 1.54) is 13.0 Å². The minimum Gasteiger partial charge on any atom is -0.449 e. The number of carbonyl (C=O) groups excluding carboxylic acids is 3. The van der Waals surface area contributed by atoms with Crippen molar-refractivity contribution in [1.29, 1.82) is 0 Å². The van der Waals surface area contributed by atoms with E-state index in [0.29, 0.717) is 6.07 Å². The molecule has 0 unspecified atom stereocenters. The molecule has 9 heteroatoms. The minimum absolute atomic E-state index is 0.122. The van der Waals surface area contributed by atoms with Gasteiger partial charge in [0.2, 0.25) is 0 Å². The van der Waals surface area contributed by atoms with Gasteiger partial charge in [-0.3, -0.25) is 9.59 Å². The molecule has 24 heavy (non-hydrogen) atoms. The van der Waals surface area contributed by atoms with Crippen molar-refractivity contribution in [3.63, 3.8) is 0 Å². The third-order valence-corrected chi connectivity index (χ3v) is 3.80. The Labute approximate surface area is 139 Å². The van der Waals surface area contributed by atoms with E-state index in [-0.39, 0.29) is 10.6 Å². The van der Waals surface area contributed by atoms with Crippen molar-refractivity contribution >= 4 is 34.1 Å². The number of benzene rings is 1. The summed E-state index contributed by atoms with van der Waals surface area (Å²) in [6, 6.07) is 3.79. The first-order chi connectivity index (χ1) is 11.3. The molecule has 0 bridgehead atoms. The second-order valence-electron chi connectivity index (χ2n) is 4.69.